The van der Waals surface area contributed by atoms with Crippen molar-refractivity contribution in [1.82, 2.24) is 0 Å². The molecule has 1 unspecified atom stereocenters. The second-order valence-electron chi connectivity index (χ2n) is 3.60. The first kappa shape index (κ1) is 14.0. The lowest BCUT2D eigenvalue weighted by molar-refractivity contribution is -0.428. The molecule has 1 rings (SSSR count). The van der Waals surface area contributed by atoms with Gasteiger partial charge in [-0.1, -0.05) is 33.3 Å². The fourth-order valence-corrected chi connectivity index (χ4v) is 1.60. The van der Waals surface area contributed by atoms with Crippen molar-refractivity contribution in [2.75, 3.05) is 5.73 Å². The Hall–Kier alpha value is -1.02. The number of anilines is 1. The van der Waals surface area contributed by atoms with E-state index in [0.29, 0.717) is 6.04 Å². The van der Waals surface area contributed by atoms with E-state index in [2.05, 4.69) is 25.6 Å². The zero-order valence-electron chi connectivity index (χ0n) is 10.5. The molecule has 0 radical (unpaired) electrons. The average molecular weight is 209 g/mol. The molecule has 0 fully saturated rings. The second-order valence-corrected chi connectivity index (χ2v) is 3.60. The van der Waals surface area contributed by atoms with Crippen LogP contribution in [0.3, 0.4) is 0 Å². The van der Waals surface area contributed by atoms with Gasteiger partial charge in [-0.25, -0.2) is 0 Å². The number of nitrogen functional groups attached to an aromatic ring is 1. The number of aryl methyl sites for hydroxylation is 1. The van der Waals surface area contributed by atoms with E-state index in [9.17, 15) is 0 Å². The monoisotopic (exact) mass is 209 g/mol. The molecule has 15 heavy (non-hydrogen) atoms. The number of benzene rings is 1. The van der Waals surface area contributed by atoms with Crippen LogP contribution < -0.4 is 11.5 Å². The van der Waals surface area contributed by atoms with Gasteiger partial charge in [0.25, 0.3) is 0 Å². The summed E-state index contributed by atoms with van der Waals surface area (Å²) in [5.41, 5.74) is 13.3. The summed E-state index contributed by atoms with van der Waals surface area (Å²) in [7, 11) is 0. The first-order chi connectivity index (χ1) is 7.15. The molecule has 0 saturated heterocycles. The van der Waals surface area contributed by atoms with Gasteiger partial charge in [-0.05, 0) is 24.6 Å². The first-order valence-electron chi connectivity index (χ1n) is 5.84. The van der Waals surface area contributed by atoms with Crippen LogP contribution in [-0.2, 0) is 0 Å². The van der Waals surface area contributed by atoms with E-state index in [1.807, 2.05) is 26.0 Å². The largest absolute Gasteiger partial charge is 0.399 e. The van der Waals surface area contributed by atoms with Crippen LogP contribution in [0.1, 0.15) is 50.8 Å². The molecule has 86 valence electrons. The van der Waals surface area contributed by atoms with Crippen molar-refractivity contribution in [1.29, 1.82) is 0 Å². The summed E-state index contributed by atoms with van der Waals surface area (Å²) < 4.78 is 0. The van der Waals surface area contributed by atoms with Gasteiger partial charge in [0.1, 0.15) is 6.04 Å². The number of hydrogen-bond donors (Lipinski definition) is 2. The van der Waals surface area contributed by atoms with Gasteiger partial charge in [0.15, 0.2) is 0 Å². The molecule has 1 atom stereocenters. The van der Waals surface area contributed by atoms with E-state index in [1.165, 1.54) is 17.5 Å². The standard InChI is InChI=1S/C11H18N2.C2H6/c1-3-4-11(13)10-7-9(12)6-5-8(10)2;1-2/h5-7,11H,3-4,12-13H2,1-2H3;1-2H3/p+1. The van der Waals surface area contributed by atoms with Gasteiger partial charge in [0, 0.05) is 17.7 Å². The summed E-state index contributed by atoms with van der Waals surface area (Å²) in [4.78, 5) is 0. The zero-order valence-corrected chi connectivity index (χ0v) is 10.5. The van der Waals surface area contributed by atoms with Crippen molar-refractivity contribution >= 4 is 5.69 Å². The van der Waals surface area contributed by atoms with Crippen LogP contribution in [0.15, 0.2) is 18.2 Å². The minimum Gasteiger partial charge on any atom is -0.399 e. The Morgan fingerprint density at radius 2 is 1.93 bits per heavy atom. The maximum atomic E-state index is 5.73. The van der Waals surface area contributed by atoms with Crippen LogP contribution in [0, 0.1) is 6.92 Å². The molecule has 0 aliphatic carbocycles. The third-order valence-electron chi connectivity index (χ3n) is 2.38. The van der Waals surface area contributed by atoms with E-state index >= 15 is 0 Å². The summed E-state index contributed by atoms with van der Waals surface area (Å²) in [5, 5.41) is 0. The van der Waals surface area contributed by atoms with E-state index in [0.717, 1.165) is 12.1 Å². The van der Waals surface area contributed by atoms with Crippen LogP contribution in [0.2, 0.25) is 0 Å². The zero-order chi connectivity index (χ0) is 11.8. The molecule has 0 bridgehead atoms. The van der Waals surface area contributed by atoms with Crippen LogP contribution >= 0.6 is 0 Å². The smallest absolute Gasteiger partial charge is 0.110 e. The lowest BCUT2D eigenvalue weighted by atomic mass is 9.98. The Balaban J connectivity index is 0.000000921. The fourth-order valence-electron chi connectivity index (χ4n) is 1.60. The predicted molar refractivity (Wildman–Crippen MR) is 67.5 cm³/mol. The summed E-state index contributed by atoms with van der Waals surface area (Å²) in [6.07, 6.45) is 2.30. The van der Waals surface area contributed by atoms with Gasteiger partial charge in [0.05, 0.1) is 0 Å². The number of quaternary nitrogens is 1. The van der Waals surface area contributed by atoms with Crippen molar-refractivity contribution in [2.24, 2.45) is 0 Å². The van der Waals surface area contributed by atoms with Crippen LogP contribution in [0.25, 0.3) is 0 Å². The highest BCUT2D eigenvalue weighted by molar-refractivity contribution is 5.45. The van der Waals surface area contributed by atoms with E-state index < -0.39 is 0 Å². The number of hydrogen-bond acceptors (Lipinski definition) is 1. The topological polar surface area (TPSA) is 53.7 Å². The SMILES string of the molecule is CC.CCCC([NH3+])c1cc(N)ccc1C. The van der Waals surface area contributed by atoms with Crippen LogP contribution in [0.4, 0.5) is 5.69 Å². The molecule has 1 aromatic rings. The van der Waals surface area contributed by atoms with Gasteiger partial charge in [0.2, 0.25) is 0 Å². The number of nitrogens with two attached hydrogens (primary N) is 1. The summed E-state index contributed by atoms with van der Waals surface area (Å²) in [6.45, 7) is 8.29. The molecule has 2 nitrogen and oxygen atoms in total. The lowest BCUT2D eigenvalue weighted by Crippen LogP contribution is -2.53. The van der Waals surface area contributed by atoms with E-state index in [-0.39, 0.29) is 0 Å². The Morgan fingerprint density at radius 1 is 1.33 bits per heavy atom. The van der Waals surface area contributed by atoms with Gasteiger partial charge in [-0.2, -0.15) is 0 Å². The van der Waals surface area contributed by atoms with Crippen molar-refractivity contribution in [2.45, 2.75) is 46.6 Å². The highest BCUT2D eigenvalue weighted by Crippen LogP contribution is 2.20. The maximum absolute atomic E-state index is 5.73. The van der Waals surface area contributed by atoms with Crippen molar-refractivity contribution < 1.29 is 5.73 Å². The van der Waals surface area contributed by atoms with Gasteiger partial charge < -0.3 is 11.5 Å². The summed E-state index contributed by atoms with van der Waals surface area (Å²) >= 11 is 0. The van der Waals surface area contributed by atoms with Crippen LogP contribution in [-0.4, -0.2) is 0 Å². The molecule has 0 aliphatic heterocycles. The molecular formula is C13H25N2+. The normalized spacial score (nSPS) is 11.5. The third kappa shape index (κ3) is 4.34. The minimum absolute atomic E-state index is 0.383. The fraction of sp³-hybridized carbons (Fsp3) is 0.538. The van der Waals surface area contributed by atoms with Gasteiger partial charge in [-0.15, -0.1) is 0 Å². The molecule has 0 amide bonds. The van der Waals surface area contributed by atoms with Crippen LogP contribution in [0.5, 0.6) is 0 Å². The van der Waals surface area contributed by atoms with Gasteiger partial charge >= 0.3 is 0 Å². The van der Waals surface area contributed by atoms with Crippen molar-refractivity contribution in [3.63, 3.8) is 0 Å². The number of rotatable bonds is 3. The first-order valence-corrected chi connectivity index (χ1v) is 5.84. The summed E-state index contributed by atoms with van der Waals surface area (Å²) in [6, 6.07) is 6.44. The Labute approximate surface area is 93.7 Å². The molecule has 2 heteroatoms. The molecule has 5 N–H and O–H groups in total. The van der Waals surface area contributed by atoms with E-state index in [1.54, 1.807) is 0 Å². The maximum Gasteiger partial charge on any atom is 0.110 e. The molecular weight excluding hydrogens is 184 g/mol. The Kier molecular flexibility index (Phi) is 6.80. The second kappa shape index (κ2) is 7.30. The highest BCUT2D eigenvalue weighted by Gasteiger charge is 2.10. The Bertz CT molecular complexity index is 282. The Morgan fingerprint density at radius 3 is 2.47 bits per heavy atom. The predicted octanol–water partition coefficient (Wildman–Crippen LogP) is 2.69. The highest BCUT2D eigenvalue weighted by atomic mass is 14.6. The molecule has 1 aromatic carbocycles. The van der Waals surface area contributed by atoms with Crippen molar-refractivity contribution in [3.8, 4) is 0 Å². The average Bonchev–Trinajstić information content (AvgIpc) is 2.25. The molecule has 0 aromatic heterocycles. The molecule has 0 spiro atoms. The van der Waals surface area contributed by atoms with E-state index in [4.69, 9.17) is 5.73 Å². The quantitative estimate of drug-likeness (QED) is 0.739. The van der Waals surface area contributed by atoms with Gasteiger partial charge in [-0.3, -0.25) is 0 Å². The third-order valence-corrected chi connectivity index (χ3v) is 2.38. The summed E-state index contributed by atoms with van der Waals surface area (Å²) in [5.74, 6) is 0. The van der Waals surface area contributed by atoms with Crippen molar-refractivity contribution in [3.05, 3.63) is 29.3 Å². The lowest BCUT2D eigenvalue weighted by Gasteiger charge is -2.11. The molecule has 0 saturated carbocycles. The minimum atomic E-state index is 0.383. The molecule has 0 heterocycles. The molecule has 0 aliphatic rings.